The van der Waals surface area contributed by atoms with Gasteiger partial charge in [-0.25, -0.2) is 0 Å². The third-order valence-corrected chi connectivity index (χ3v) is 4.79. The zero-order valence-corrected chi connectivity index (χ0v) is 16.0. The molecule has 6 nitrogen and oxygen atoms in total. The number of carbonyl (C=O) groups excluding carboxylic acids is 1. The predicted molar refractivity (Wildman–Crippen MR) is 106 cm³/mol. The lowest BCUT2D eigenvalue weighted by Gasteiger charge is -2.29. The summed E-state index contributed by atoms with van der Waals surface area (Å²) in [6.07, 6.45) is -0.198. The van der Waals surface area contributed by atoms with Crippen molar-refractivity contribution in [2.45, 2.75) is 44.6 Å². The second kappa shape index (κ2) is 9.17. The standard InChI is InChI=1S/C22H25NO5/c1-15(23-19(24)12-13-20(25)26)14-22(2,21(27)28)18-10-8-17(9-11-18)16-6-4-3-5-7-16/h3-11,15H,12-14H2,1-2H3,(H,23,24)(H,25,26)(H,27,28). The number of rotatable bonds is 9. The van der Waals surface area contributed by atoms with Gasteiger partial charge in [-0.05, 0) is 37.0 Å². The quantitative estimate of drug-likeness (QED) is 0.615. The topological polar surface area (TPSA) is 104 Å². The molecule has 3 N–H and O–H groups in total. The van der Waals surface area contributed by atoms with E-state index in [0.29, 0.717) is 5.56 Å². The summed E-state index contributed by atoms with van der Waals surface area (Å²) >= 11 is 0. The first kappa shape index (κ1) is 21.2. The Morgan fingerprint density at radius 3 is 2.04 bits per heavy atom. The monoisotopic (exact) mass is 383 g/mol. The molecular weight excluding hydrogens is 358 g/mol. The molecule has 0 aliphatic rings. The average Bonchev–Trinajstić information content (AvgIpc) is 2.67. The third-order valence-electron chi connectivity index (χ3n) is 4.79. The smallest absolute Gasteiger partial charge is 0.313 e. The van der Waals surface area contributed by atoms with E-state index in [-0.39, 0.29) is 19.3 Å². The normalized spacial score (nSPS) is 13.9. The van der Waals surface area contributed by atoms with Crippen LogP contribution in [0.15, 0.2) is 54.6 Å². The Kier molecular flexibility index (Phi) is 6.93. The van der Waals surface area contributed by atoms with Crippen LogP contribution in [0.1, 0.15) is 38.7 Å². The van der Waals surface area contributed by atoms with Gasteiger partial charge >= 0.3 is 11.9 Å². The number of amides is 1. The third kappa shape index (κ3) is 5.42. The first-order valence-electron chi connectivity index (χ1n) is 9.13. The fourth-order valence-corrected chi connectivity index (χ4v) is 3.22. The van der Waals surface area contributed by atoms with Gasteiger partial charge in [-0.3, -0.25) is 14.4 Å². The van der Waals surface area contributed by atoms with Gasteiger partial charge in [0.15, 0.2) is 0 Å². The fraction of sp³-hybridized carbons (Fsp3) is 0.318. The number of benzene rings is 2. The average molecular weight is 383 g/mol. The summed E-state index contributed by atoms with van der Waals surface area (Å²) < 4.78 is 0. The number of carboxylic acid groups (broad SMARTS) is 2. The lowest BCUT2D eigenvalue weighted by Crippen LogP contribution is -2.42. The molecule has 2 aromatic rings. The highest BCUT2D eigenvalue weighted by molar-refractivity contribution is 5.82. The van der Waals surface area contributed by atoms with Gasteiger partial charge in [0.1, 0.15) is 0 Å². The maximum atomic E-state index is 12.0. The molecule has 0 aromatic heterocycles. The molecule has 2 unspecified atom stereocenters. The van der Waals surface area contributed by atoms with E-state index in [4.69, 9.17) is 5.11 Å². The van der Waals surface area contributed by atoms with E-state index in [1.165, 1.54) is 0 Å². The molecule has 0 heterocycles. The molecule has 0 bridgehead atoms. The van der Waals surface area contributed by atoms with E-state index in [1.54, 1.807) is 26.0 Å². The van der Waals surface area contributed by atoms with Gasteiger partial charge < -0.3 is 15.5 Å². The fourth-order valence-electron chi connectivity index (χ4n) is 3.22. The number of aliphatic carboxylic acids is 2. The molecular formula is C22H25NO5. The Morgan fingerprint density at radius 2 is 1.50 bits per heavy atom. The lowest BCUT2D eigenvalue weighted by molar-refractivity contribution is -0.144. The molecule has 1 amide bonds. The van der Waals surface area contributed by atoms with Crippen LogP contribution in [-0.4, -0.2) is 34.1 Å². The van der Waals surface area contributed by atoms with Crippen LogP contribution < -0.4 is 5.32 Å². The van der Waals surface area contributed by atoms with Gasteiger partial charge in [-0.15, -0.1) is 0 Å². The molecule has 148 valence electrons. The van der Waals surface area contributed by atoms with E-state index < -0.39 is 29.3 Å². The van der Waals surface area contributed by atoms with Crippen LogP contribution in [0.5, 0.6) is 0 Å². The summed E-state index contributed by atoms with van der Waals surface area (Å²) in [5.74, 6) is -2.43. The van der Waals surface area contributed by atoms with Crippen LogP contribution in [0, 0.1) is 0 Å². The lowest BCUT2D eigenvalue weighted by atomic mass is 9.77. The van der Waals surface area contributed by atoms with Gasteiger partial charge in [0.2, 0.25) is 5.91 Å². The zero-order valence-electron chi connectivity index (χ0n) is 16.0. The van der Waals surface area contributed by atoms with E-state index >= 15 is 0 Å². The van der Waals surface area contributed by atoms with Crippen LogP contribution in [0.3, 0.4) is 0 Å². The Labute approximate surface area is 164 Å². The van der Waals surface area contributed by atoms with Crippen LogP contribution in [-0.2, 0) is 19.8 Å². The molecule has 2 rings (SSSR count). The largest absolute Gasteiger partial charge is 0.481 e. The molecule has 0 saturated heterocycles. The van der Waals surface area contributed by atoms with Crippen molar-refractivity contribution in [2.75, 3.05) is 0 Å². The van der Waals surface area contributed by atoms with Crippen LogP contribution >= 0.6 is 0 Å². The van der Waals surface area contributed by atoms with Crippen molar-refractivity contribution in [3.8, 4) is 11.1 Å². The molecule has 0 aliphatic heterocycles. The molecule has 28 heavy (non-hydrogen) atoms. The highest BCUT2D eigenvalue weighted by atomic mass is 16.4. The number of carboxylic acids is 2. The van der Waals surface area contributed by atoms with Gasteiger partial charge in [0.05, 0.1) is 11.8 Å². The maximum Gasteiger partial charge on any atom is 0.313 e. The van der Waals surface area contributed by atoms with Crippen LogP contribution in [0.2, 0.25) is 0 Å². The number of hydrogen-bond donors (Lipinski definition) is 3. The van der Waals surface area contributed by atoms with Gasteiger partial charge in [-0.2, -0.15) is 0 Å². The van der Waals surface area contributed by atoms with E-state index in [0.717, 1.165) is 11.1 Å². The van der Waals surface area contributed by atoms with Crippen molar-refractivity contribution in [3.63, 3.8) is 0 Å². The van der Waals surface area contributed by atoms with Crippen molar-refractivity contribution in [1.29, 1.82) is 0 Å². The first-order valence-corrected chi connectivity index (χ1v) is 9.13. The molecule has 2 atom stereocenters. The first-order chi connectivity index (χ1) is 13.2. The Balaban J connectivity index is 2.13. The van der Waals surface area contributed by atoms with Crippen LogP contribution in [0.4, 0.5) is 0 Å². The SMILES string of the molecule is CC(CC(C)(C(=O)O)c1ccc(-c2ccccc2)cc1)NC(=O)CCC(=O)O. The Hall–Kier alpha value is -3.15. The Bertz CT molecular complexity index is 832. The highest BCUT2D eigenvalue weighted by Gasteiger charge is 2.37. The molecule has 0 aliphatic carbocycles. The Morgan fingerprint density at radius 1 is 0.929 bits per heavy atom. The number of nitrogens with one attached hydrogen (secondary N) is 1. The van der Waals surface area contributed by atoms with Gasteiger partial charge in [0, 0.05) is 12.5 Å². The van der Waals surface area contributed by atoms with Crippen LogP contribution in [0.25, 0.3) is 11.1 Å². The molecule has 0 saturated carbocycles. The van der Waals surface area contributed by atoms with Crippen molar-refractivity contribution < 1.29 is 24.6 Å². The number of hydrogen-bond acceptors (Lipinski definition) is 3. The van der Waals surface area contributed by atoms with E-state index in [9.17, 15) is 19.5 Å². The predicted octanol–water partition coefficient (Wildman–Crippen LogP) is 3.46. The molecule has 0 fully saturated rings. The van der Waals surface area contributed by atoms with E-state index in [2.05, 4.69) is 5.32 Å². The minimum absolute atomic E-state index is 0.130. The molecule has 2 aromatic carbocycles. The van der Waals surface area contributed by atoms with Gasteiger partial charge in [-0.1, -0.05) is 54.6 Å². The summed E-state index contributed by atoms with van der Waals surface area (Å²) in [7, 11) is 0. The summed E-state index contributed by atoms with van der Waals surface area (Å²) in [6, 6.07) is 16.8. The second-order valence-electron chi connectivity index (χ2n) is 7.15. The maximum absolute atomic E-state index is 12.0. The van der Waals surface area contributed by atoms with Crippen molar-refractivity contribution in [3.05, 3.63) is 60.2 Å². The van der Waals surface area contributed by atoms with Crippen molar-refractivity contribution in [1.82, 2.24) is 5.32 Å². The molecule has 0 spiro atoms. The van der Waals surface area contributed by atoms with Gasteiger partial charge in [0.25, 0.3) is 0 Å². The summed E-state index contributed by atoms with van der Waals surface area (Å²) in [4.78, 5) is 34.4. The zero-order chi connectivity index (χ0) is 20.7. The summed E-state index contributed by atoms with van der Waals surface area (Å²) in [5, 5.41) is 21.2. The van der Waals surface area contributed by atoms with Crippen molar-refractivity contribution in [2.24, 2.45) is 0 Å². The number of carbonyl (C=O) groups is 3. The summed E-state index contributed by atoms with van der Waals surface area (Å²) in [5.41, 5.74) is 1.50. The molecule has 0 radical (unpaired) electrons. The van der Waals surface area contributed by atoms with Crippen molar-refractivity contribution >= 4 is 17.8 Å². The highest BCUT2D eigenvalue weighted by Crippen LogP contribution is 2.31. The summed E-state index contributed by atoms with van der Waals surface area (Å²) in [6.45, 7) is 3.35. The minimum atomic E-state index is -1.19. The minimum Gasteiger partial charge on any atom is -0.481 e. The molecule has 6 heteroatoms. The van der Waals surface area contributed by atoms with E-state index in [1.807, 2.05) is 42.5 Å². The second-order valence-corrected chi connectivity index (χ2v) is 7.15.